The molecule has 126 valence electrons. The molecule has 0 aliphatic carbocycles. The van der Waals surface area contributed by atoms with Gasteiger partial charge < -0.3 is 9.42 Å². The molecular formula is C16H21N7O. The van der Waals surface area contributed by atoms with E-state index in [0.717, 1.165) is 37.4 Å². The van der Waals surface area contributed by atoms with Crippen LogP contribution in [-0.4, -0.2) is 51.4 Å². The molecule has 0 bridgehead atoms. The lowest BCUT2D eigenvalue weighted by Crippen LogP contribution is -2.47. The number of rotatable bonds is 3. The monoisotopic (exact) mass is 327 g/mol. The molecule has 1 saturated heterocycles. The van der Waals surface area contributed by atoms with E-state index in [9.17, 15) is 5.26 Å². The quantitative estimate of drug-likeness (QED) is 0.838. The second kappa shape index (κ2) is 6.53. The van der Waals surface area contributed by atoms with Gasteiger partial charge in [0.05, 0.1) is 11.7 Å². The van der Waals surface area contributed by atoms with E-state index < -0.39 is 0 Å². The lowest BCUT2D eigenvalue weighted by atomic mass is 10.1. The third-order valence-corrected chi connectivity index (χ3v) is 4.61. The zero-order valence-electron chi connectivity index (χ0n) is 14.4. The first-order valence-corrected chi connectivity index (χ1v) is 8.04. The minimum absolute atomic E-state index is 0.0784. The van der Waals surface area contributed by atoms with Crippen molar-refractivity contribution < 1.29 is 4.52 Å². The fourth-order valence-electron chi connectivity index (χ4n) is 2.91. The van der Waals surface area contributed by atoms with Gasteiger partial charge in [-0.2, -0.15) is 15.3 Å². The molecule has 0 N–H and O–H groups in total. The van der Waals surface area contributed by atoms with Gasteiger partial charge in [-0.15, -0.1) is 5.10 Å². The van der Waals surface area contributed by atoms with E-state index in [-0.39, 0.29) is 6.04 Å². The molecule has 0 spiro atoms. The van der Waals surface area contributed by atoms with Crippen molar-refractivity contribution in [1.82, 2.24) is 25.2 Å². The molecule has 0 unspecified atom stereocenters. The van der Waals surface area contributed by atoms with Crippen LogP contribution in [0.15, 0.2) is 4.52 Å². The summed E-state index contributed by atoms with van der Waals surface area (Å²) in [5.41, 5.74) is 2.32. The van der Waals surface area contributed by atoms with Crippen LogP contribution < -0.4 is 4.90 Å². The smallest absolute Gasteiger partial charge is 0.243 e. The lowest BCUT2D eigenvalue weighted by Gasteiger charge is -2.37. The Balaban J connectivity index is 1.72. The van der Waals surface area contributed by atoms with Crippen LogP contribution in [0.4, 0.5) is 5.82 Å². The summed E-state index contributed by atoms with van der Waals surface area (Å²) in [6, 6.07) is 2.35. The van der Waals surface area contributed by atoms with Gasteiger partial charge in [0.25, 0.3) is 0 Å². The molecule has 0 amide bonds. The van der Waals surface area contributed by atoms with Gasteiger partial charge in [0.2, 0.25) is 5.89 Å². The standard InChI is InChI=1S/C16H21N7O/c1-10-11(2)19-20-15(14(10)9-17)23-7-5-22(6-8-23)12(3)16-18-13(4)21-24-16/h12H,5-8H2,1-4H3/t12-/m1/s1. The van der Waals surface area contributed by atoms with Crippen molar-refractivity contribution in [3.8, 4) is 6.07 Å². The summed E-state index contributed by atoms with van der Waals surface area (Å²) >= 11 is 0. The molecule has 0 aromatic carbocycles. The summed E-state index contributed by atoms with van der Waals surface area (Å²) < 4.78 is 5.27. The summed E-state index contributed by atoms with van der Waals surface area (Å²) in [6.07, 6.45) is 0. The Morgan fingerprint density at radius 1 is 1.12 bits per heavy atom. The van der Waals surface area contributed by atoms with Crippen molar-refractivity contribution in [2.45, 2.75) is 33.7 Å². The summed E-state index contributed by atoms with van der Waals surface area (Å²) in [7, 11) is 0. The van der Waals surface area contributed by atoms with Gasteiger partial charge in [0.1, 0.15) is 11.6 Å². The lowest BCUT2D eigenvalue weighted by molar-refractivity contribution is 0.164. The van der Waals surface area contributed by atoms with E-state index in [1.807, 2.05) is 20.8 Å². The summed E-state index contributed by atoms with van der Waals surface area (Å²) in [5, 5.41) is 21.8. The topological polar surface area (TPSA) is 95.0 Å². The second-order valence-corrected chi connectivity index (χ2v) is 6.10. The number of hydrogen-bond donors (Lipinski definition) is 0. The Labute approximate surface area is 141 Å². The summed E-state index contributed by atoms with van der Waals surface area (Å²) in [4.78, 5) is 8.73. The van der Waals surface area contributed by atoms with E-state index in [0.29, 0.717) is 23.1 Å². The Morgan fingerprint density at radius 2 is 1.83 bits per heavy atom. The van der Waals surface area contributed by atoms with E-state index in [1.165, 1.54) is 0 Å². The molecule has 2 aromatic rings. The number of aryl methyl sites for hydroxylation is 2. The third kappa shape index (κ3) is 2.95. The van der Waals surface area contributed by atoms with Gasteiger partial charge in [-0.05, 0) is 33.3 Å². The highest BCUT2D eigenvalue weighted by molar-refractivity contribution is 5.57. The first-order valence-electron chi connectivity index (χ1n) is 8.04. The average molecular weight is 327 g/mol. The highest BCUT2D eigenvalue weighted by Crippen LogP contribution is 2.25. The predicted octanol–water partition coefficient (Wildman–Crippen LogP) is 1.54. The van der Waals surface area contributed by atoms with Crippen molar-refractivity contribution in [2.75, 3.05) is 31.1 Å². The Hall–Kier alpha value is -2.53. The van der Waals surface area contributed by atoms with E-state index >= 15 is 0 Å². The van der Waals surface area contributed by atoms with E-state index in [1.54, 1.807) is 0 Å². The van der Waals surface area contributed by atoms with E-state index in [2.05, 4.69) is 43.1 Å². The fourth-order valence-corrected chi connectivity index (χ4v) is 2.91. The van der Waals surface area contributed by atoms with Gasteiger partial charge in [-0.25, -0.2) is 0 Å². The minimum atomic E-state index is 0.0784. The van der Waals surface area contributed by atoms with Crippen molar-refractivity contribution in [2.24, 2.45) is 0 Å². The summed E-state index contributed by atoms with van der Waals surface area (Å²) in [6.45, 7) is 10.9. The largest absolute Gasteiger partial charge is 0.351 e. The van der Waals surface area contributed by atoms with Crippen LogP contribution in [0, 0.1) is 32.1 Å². The van der Waals surface area contributed by atoms with Gasteiger partial charge in [-0.3, -0.25) is 4.90 Å². The molecule has 8 nitrogen and oxygen atoms in total. The van der Waals surface area contributed by atoms with Crippen LogP contribution in [0.2, 0.25) is 0 Å². The molecule has 3 heterocycles. The highest BCUT2D eigenvalue weighted by Gasteiger charge is 2.27. The predicted molar refractivity (Wildman–Crippen MR) is 87.5 cm³/mol. The van der Waals surface area contributed by atoms with Crippen molar-refractivity contribution in [3.05, 3.63) is 28.5 Å². The third-order valence-electron chi connectivity index (χ3n) is 4.61. The van der Waals surface area contributed by atoms with Crippen LogP contribution in [0.1, 0.15) is 41.5 Å². The maximum absolute atomic E-state index is 9.46. The van der Waals surface area contributed by atoms with Crippen molar-refractivity contribution >= 4 is 5.82 Å². The van der Waals surface area contributed by atoms with Crippen LogP contribution in [0.5, 0.6) is 0 Å². The minimum Gasteiger partial charge on any atom is -0.351 e. The molecule has 8 heteroatoms. The SMILES string of the molecule is Cc1noc([C@@H](C)N2CCN(c3nnc(C)c(C)c3C#N)CC2)n1. The van der Waals surface area contributed by atoms with E-state index in [4.69, 9.17) is 4.52 Å². The summed E-state index contributed by atoms with van der Waals surface area (Å²) in [5.74, 6) is 1.98. The normalized spacial score (nSPS) is 16.9. The molecule has 3 rings (SSSR count). The maximum atomic E-state index is 9.46. The van der Waals surface area contributed by atoms with Gasteiger partial charge >= 0.3 is 0 Å². The van der Waals surface area contributed by atoms with Crippen molar-refractivity contribution in [1.29, 1.82) is 5.26 Å². The Morgan fingerprint density at radius 3 is 2.42 bits per heavy atom. The zero-order chi connectivity index (χ0) is 17.3. The Bertz CT molecular complexity index is 771. The number of aromatic nitrogens is 4. The average Bonchev–Trinajstić information content (AvgIpc) is 3.03. The first kappa shape index (κ1) is 16.3. The molecular weight excluding hydrogens is 306 g/mol. The molecule has 1 aliphatic rings. The van der Waals surface area contributed by atoms with Crippen LogP contribution in [0.25, 0.3) is 0 Å². The van der Waals surface area contributed by atoms with Crippen LogP contribution in [-0.2, 0) is 0 Å². The number of nitrogens with zero attached hydrogens (tertiary/aromatic N) is 7. The van der Waals surface area contributed by atoms with Gasteiger partial charge in [0, 0.05) is 26.2 Å². The van der Waals surface area contributed by atoms with Gasteiger partial charge in [-0.1, -0.05) is 5.16 Å². The molecule has 2 aromatic heterocycles. The molecule has 24 heavy (non-hydrogen) atoms. The zero-order valence-corrected chi connectivity index (χ0v) is 14.4. The first-order chi connectivity index (χ1) is 11.5. The number of anilines is 1. The number of nitriles is 1. The maximum Gasteiger partial charge on any atom is 0.243 e. The Kier molecular flexibility index (Phi) is 4.44. The fraction of sp³-hybridized carbons (Fsp3) is 0.562. The number of hydrogen-bond acceptors (Lipinski definition) is 8. The molecule has 0 saturated carbocycles. The second-order valence-electron chi connectivity index (χ2n) is 6.10. The molecule has 1 aliphatic heterocycles. The molecule has 0 radical (unpaired) electrons. The molecule has 1 atom stereocenters. The molecule has 1 fully saturated rings. The van der Waals surface area contributed by atoms with Crippen LogP contribution >= 0.6 is 0 Å². The highest BCUT2D eigenvalue weighted by atomic mass is 16.5. The van der Waals surface area contributed by atoms with Gasteiger partial charge in [0.15, 0.2) is 11.6 Å². The van der Waals surface area contributed by atoms with Crippen LogP contribution in [0.3, 0.4) is 0 Å². The number of piperazine rings is 1. The van der Waals surface area contributed by atoms with Crippen molar-refractivity contribution in [3.63, 3.8) is 0 Å².